The number of amides is 2. The smallest absolute Gasteiger partial charge is 0.251 e. The number of hydrogen-bond acceptors (Lipinski definition) is 4. The van der Waals surface area contributed by atoms with Crippen molar-refractivity contribution in [2.24, 2.45) is 0 Å². The van der Waals surface area contributed by atoms with Gasteiger partial charge in [-0.05, 0) is 37.5 Å². The molecule has 0 saturated carbocycles. The van der Waals surface area contributed by atoms with E-state index in [0.717, 1.165) is 19.4 Å². The number of sulfonamides is 1. The van der Waals surface area contributed by atoms with Crippen molar-refractivity contribution in [3.8, 4) is 0 Å². The van der Waals surface area contributed by atoms with Crippen LogP contribution in [0.2, 0.25) is 0 Å². The van der Waals surface area contributed by atoms with Crippen LogP contribution in [0.1, 0.15) is 36.0 Å². The number of nitrogens with zero attached hydrogens (tertiary/aromatic N) is 2. The number of anilines is 1. The normalized spacial score (nSPS) is 19.9. The molecule has 0 aromatic heterocycles. The molecule has 2 aliphatic heterocycles. The maximum Gasteiger partial charge on any atom is 0.251 e. The van der Waals surface area contributed by atoms with E-state index in [1.807, 2.05) is 0 Å². The van der Waals surface area contributed by atoms with Gasteiger partial charge in [-0.25, -0.2) is 8.42 Å². The van der Waals surface area contributed by atoms with Crippen molar-refractivity contribution >= 4 is 27.5 Å². The Kier molecular flexibility index (Phi) is 5.27. The van der Waals surface area contributed by atoms with E-state index in [0.29, 0.717) is 43.7 Å². The Hall–Kier alpha value is -2.09. The molecule has 2 fully saturated rings. The van der Waals surface area contributed by atoms with Crippen LogP contribution in [0.3, 0.4) is 0 Å². The Morgan fingerprint density at radius 1 is 1.16 bits per heavy atom. The minimum Gasteiger partial charge on any atom is -0.350 e. The highest BCUT2D eigenvalue weighted by Crippen LogP contribution is 2.24. The van der Waals surface area contributed by atoms with Crippen LogP contribution >= 0.6 is 0 Å². The van der Waals surface area contributed by atoms with Gasteiger partial charge in [0.15, 0.2) is 0 Å². The van der Waals surface area contributed by atoms with Crippen molar-refractivity contribution in [3.05, 3.63) is 29.8 Å². The number of benzene rings is 1. The second-order valence-electron chi connectivity index (χ2n) is 6.39. The fourth-order valence-corrected chi connectivity index (χ4v) is 4.86. The molecule has 3 rings (SSSR count). The van der Waals surface area contributed by atoms with Crippen LogP contribution in [0.5, 0.6) is 0 Å². The first-order valence-corrected chi connectivity index (χ1v) is 10.2. The predicted octanol–water partition coefficient (Wildman–Crippen LogP) is 0.969. The van der Waals surface area contributed by atoms with Crippen LogP contribution in [0.25, 0.3) is 0 Å². The number of nitrogens with one attached hydrogen (secondary N) is 1. The number of likely N-dealkylation sites (tertiary alicyclic amines) is 1. The molecule has 0 unspecified atom stereocenters. The van der Waals surface area contributed by atoms with Crippen LogP contribution in [0.15, 0.2) is 24.3 Å². The van der Waals surface area contributed by atoms with Gasteiger partial charge in [0.25, 0.3) is 5.91 Å². The Bertz CT molecular complexity index is 763. The van der Waals surface area contributed by atoms with Crippen molar-refractivity contribution in [1.29, 1.82) is 0 Å². The second kappa shape index (κ2) is 7.43. The molecule has 2 saturated heterocycles. The lowest BCUT2D eigenvalue weighted by atomic mass is 10.2. The molecule has 0 spiro atoms. The molecule has 1 aromatic rings. The average Bonchev–Trinajstić information content (AvgIpc) is 2.99. The Labute approximate surface area is 148 Å². The van der Waals surface area contributed by atoms with Gasteiger partial charge in [-0.3, -0.25) is 13.9 Å². The Morgan fingerprint density at radius 3 is 2.72 bits per heavy atom. The van der Waals surface area contributed by atoms with Crippen molar-refractivity contribution in [1.82, 2.24) is 10.2 Å². The monoisotopic (exact) mass is 365 g/mol. The first kappa shape index (κ1) is 17.7. The third kappa shape index (κ3) is 4.12. The van der Waals surface area contributed by atoms with Gasteiger partial charge >= 0.3 is 0 Å². The Balaban J connectivity index is 1.62. The van der Waals surface area contributed by atoms with Gasteiger partial charge in [-0.1, -0.05) is 6.07 Å². The molecule has 7 nitrogen and oxygen atoms in total. The van der Waals surface area contributed by atoms with E-state index in [1.54, 1.807) is 29.2 Å². The molecule has 2 amide bonds. The predicted molar refractivity (Wildman–Crippen MR) is 95.0 cm³/mol. The largest absolute Gasteiger partial charge is 0.350 e. The summed E-state index contributed by atoms with van der Waals surface area (Å²) in [7, 11) is -3.30. The van der Waals surface area contributed by atoms with E-state index in [9.17, 15) is 18.0 Å². The lowest BCUT2D eigenvalue weighted by Gasteiger charge is -2.28. The number of carbonyl (C=O) groups is 2. The summed E-state index contributed by atoms with van der Waals surface area (Å²) in [4.78, 5) is 25.6. The van der Waals surface area contributed by atoms with Crippen LogP contribution in [-0.4, -0.2) is 57.1 Å². The summed E-state index contributed by atoms with van der Waals surface area (Å²) in [6.45, 7) is 2.09. The highest BCUT2D eigenvalue weighted by molar-refractivity contribution is 7.92. The molecule has 2 aliphatic rings. The number of rotatable bonds is 5. The topological polar surface area (TPSA) is 86.8 Å². The van der Waals surface area contributed by atoms with E-state index >= 15 is 0 Å². The quantitative estimate of drug-likeness (QED) is 0.842. The van der Waals surface area contributed by atoms with Crippen molar-refractivity contribution < 1.29 is 18.0 Å². The van der Waals surface area contributed by atoms with E-state index in [1.165, 1.54) is 4.31 Å². The van der Waals surface area contributed by atoms with Gasteiger partial charge < -0.3 is 10.2 Å². The third-order valence-corrected chi connectivity index (χ3v) is 6.45. The zero-order valence-corrected chi connectivity index (χ0v) is 14.9. The fourth-order valence-electron chi connectivity index (χ4n) is 3.23. The molecule has 25 heavy (non-hydrogen) atoms. The lowest BCUT2D eigenvalue weighted by Crippen LogP contribution is -2.38. The summed E-state index contributed by atoms with van der Waals surface area (Å²) in [5.41, 5.74) is 0.952. The van der Waals surface area contributed by atoms with Gasteiger partial charge in [-0.15, -0.1) is 0 Å². The summed E-state index contributed by atoms with van der Waals surface area (Å²) >= 11 is 0. The molecule has 0 atom stereocenters. The average molecular weight is 365 g/mol. The fraction of sp³-hybridized carbons (Fsp3) is 0.529. The van der Waals surface area contributed by atoms with Gasteiger partial charge in [0.1, 0.15) is 0 Å². The van der Waals surface area contributed by atoms with E-state index in [2.05, 4.69) is 5.32 Å². The summed E-state index contributed by atoms with van der Waals surface area (Å²) in [5, 5.41) is 2.80. The van der Waals surface area contributed by atoms with Crippen LogP contribution in [0.4, 0.5) is 5.69 Å². The lowest BCUT2D eigenvalue weighted by molar-refractivity contribution is -0.127. The van der Waals surface area contributed by atoms with Crippen molar-refractivity contribution in [2.45, 2.75) is 25.7 Å². The number of hydrogen-bond donors (Lipinski definition) is 1. The maximum absolute atomic E-state index is 12.3. The summed E-state index contributed by atoms with van der Waals surface area (Å²) in [6.07, 6.45) is 2.95. The van der Waals surface area contributed by atoms with Crippen LogP contribution in [0, 0.1) is 0 Å². The van der Waals surface area contributed by atoms with E-state index in [4.69, 9.17) is 0 Å². The molecule has 136 valence electrons. The first-order chi connectivity index (χ1) is 12.0. The first-order valence-electron chi connectivity index (χ1n) is 8.64. The van der Waals surface area contributed by atoms with Gasteiger partial charge in [0.2, 0.25) is 15.9 Å². The molecule has 1 aromatic carbocycles. The maximum atomic E-state index is 12.3. The van der Waals surface area contributed by atoms with Crippen LogP contribution < -0.4 is 9.62 Å². The Morgan fingerprint density at radius 2 is 2.00 bits per heavy atom. The number of carbonyl (C=O) groups excluding carboxylic acids is 2. The third-order valence-electron chi connectivity index (χ3n) is 4.58. The molecule has 0 radical (unpaired) electrons. The second-order valence-corrected chi connectivity index (χ2v) is 8.40. The van der Waals surface area contributed by atoms with Crippen molar-refractivity contribution in [3.63, 3.8) is 0 Å². The van der Waals surface area contributed by atoms with E-state index in [-0.39, 0.29) is 17.6 Å². The molecular formula is C17H23N3O4S. The summed E-state index contributed by atoms with van der Waals surface area (Å²) in [5.74, 6) is 0.0160. The molecule has 8 heteroatoms. The van der Waals surface area contributed by atoms with Crippen LogP contribution in [-0.2, 0) is 14.8 Å². The SMILES string of the molecule is O=C(NCCN1CCCC1=O)c1cccc(N2CCCCS2(=O)=O)c1. The minimum atomic E-state index is -3.30. The molecular weight excluding hydrogens is 342 g/mol. The highest BCUT2D eigenvalue weighted by Gasteiger charge is 2.26. The summed E-state index contributed by atoms with van der Waals surface area (Å²) < 4.78 is 25.8. The summed E-state index contributed by atoms with van der Waals surface area (Å²) in [6, 6.07) is 6.68. The molecule has 1 N–H and O–H groups in total. The standard InChI is InChI=1S/C17H23N3O4S/c21-16-7-4-9-19(16)11-8-18-17(22)14-5-3-6-15(13-14)20-10-1-2-12-25(20,23)24/h3,5-6,13H,1-2,4,7-12H2,(H,18,22). The van der Waals surface area contributed by atoms with Crippen molar-refractivity contribution in [2.75, 3.05) is 36.2 Å². The zero-order valence-electron chi connectivity index (χ0n) is 14.1. The van der Waals surface area contributed by atoms with E-state index < -0.39 is 10.0 Å². The van der Waals surface area contributed by atoms with Gasteiger partial charge in [0.05, 0.1) is 11.4 Å². The molecule has 0 bridgehead atoms. The zero-order chi connectivity index (χ0) is 17.9. The minimum absolute atomic E-state index is 0.131. The molecule has 0 aliphatic carbocycles. The molecule has 2 heterocycles. The highest BCUT2D eigenvalue weighted by atomic mass is 32.2. The van der Waals surface area contributed by atoms with Gasteiger partial charge in [0, 0.05) is 38.2 Å². The van der Waals surface area contributed by atoms with Gasteiger partial charge in [-0.2, -0.15) is 0 Å².